The van der Waals surface area contributed by atoms with E-state index in [2.05, 4.69) is 56.6 Å². The summed E-state index contributed by atoms with van der Waals surface area (Å²) in [5.74, 6) is 7.47. The van der Waals surface area contributed by atoms with Gasteiger partial charge in [-0.3, -0.25) is 0 Å². The molecule has 86 valence electrons. The summed E-state index contributed by atoms with van der Waals surface area (Å²) in [6.45, 7) is 14.7. The van der Waals surface area contributed by atoms with Crippen LogP contribution in [-0.4, -0.2) is 32.4 Å². The molecule has 0 heterocycles. The van der Waals surface area contributed by atoms with Crippen LogP contribution in [0.25, 0.3) is 0 Å². The van der Waals surface area contributed by atoms with Gasteiger partial charge in [-0.25, -0.2) is 0 Å². The standard InChI is InChI=1S/C10H27ClGeSi2/c1-12(2,3)10(11,13(4,5)6)14(7,8)9/h1-9H3. The van der Waals surface area contributed by atoms with Gasteiger partial charge in [-0.1, -0.05) is 0 Å². The first-order valence-corrected chi connectivity index (χ1v) is 20.2. The van der Waals surface area contributed by atoms with E-state index in [0.717, 1.165) is 0 Å². The molecule has 0 nitrogen and oxygen atoms in total. The van der Waals surface area contributed by atoms with Gasteiger partial charge < -0.3 is 0 Å². The van der Waals surface area contributed by atoms with Gasteiger partial charge in [-0.2, -0.15) is 0 Å². The summed E-state index contributed by atoms with van der Waals surface area (Å²) in [4.78, 5) is 0. The van der Waals surface area contributed by atoms with Crippen LogP contribution in [0.4, 0.5) is 0 Å². The van der Waals surface area contributed by atoms with Crippen LogP contribution in [-0.2, 0) is 0 Å². The number of rotatable bonds is 3. The Morgan fingerprint density at radius 3 is 1.00 bits per heavy atom. The summed E-state index contributed by atoms with van der Waals surface area (Å²) in [5, 5.41) is 0. The van der Waals surface area contributed by atoms with E-state index in [-0.39, 0.29) is 2.95 Å². The predicted octanol–water partition coefficient (Wildman–Crippen LogP) is 4.60. The summed E-state index contributed by atoms with van der Waals surface area (Å²) in [5.41, 5.74) is 0. The van der Waals surface area contributed by atoms with Crippen LogP contribution in [0, 0.1) is 0 Å². The van der Waals surface area contributed by atoms with Gasteiger partial charge in [-0.15, -0.1) is 0 Å². The van der Waals surface area contributed by atoms with Gasteiger partial charge in [-0.05, 0) is 0 Å². The summed E-state index contributed by atoms with van der Waals surface area (Å²) < 4.78 is 0.250. The normalized spacial score (nSPS) is 15.9. The Morgan fingerprint density at radius 1 is 0.786 bits per heavy atom. The zero-order chi connectivity index (χ0) is 12.0. The maximum atomic E-state index is 7.17. The number of alkyl halides is 1. The SMILES string of the molecule is C[Si](C)(C)[C](Cl)([Si](C)(C)C)[Ge]([CH3])([CH3])[CH3]. The van der Waals surface area contributed by atoms with Crippen LogP contribution in [0.2, 0.25) is 56.6 Å². The van der Waals surface area contributed by atoms with Gasteiger partial charge in [0.1, 0.15) is 0 Å². The minimum atomic E-state index is -1.82. The topological polar surface area (TPSA) is 0 Å². The molecule has 0 amide bonds. The molecule has 0 fully saturated rings. The molecule has 0 aliphatic carbocycles. The van der Waals surface area contributed by atoms with Crippen molar-refractivity contribution in [3.8, 4) is 0 Å². The van der Waals surface area contributed by atoms with E-state index in [1.54, 1.807) is 0 Å². The molecule has 0 aromatic heterocycles. The fourth-order valence-corrected chi connectivity index (χ4v) is 45.2. The van der Waals surface area contributed by atoms with E-state index in [9.17, 15) is 0 Å². The minimum absolute atomic E-state index is 0.250. The van der Waals surface area contributed by atoms with E-state index in [4.69, 9.17) is 11.6 Å². The van der Waals surface area contributed by atoms with Gasteiger partial charge >= 0.3 is 101 Å². The molecule has 0 aromatic carbocycles. The molecule has 0 aliphatic rings. The molecular weight excluding hydrogens is 284 g/mol. The van der Waals surface area contributed by atoms with E-state index in [0.29, 0.717) is 0 Å². The molecule has 0 rings (SSSR count). The molecule has 0 N–H and O–H groups in total. The zero-order valence-electron chi connectivity index (χ0n) is 11.4. The second-order valence-electron chi connectivity index (χ2n) is 7.41. The van der Waals surface area contributed by atoms with E-state index in [1.165, 1.54) is 0 Å². The van der Waals surface area contributed by atoms with Crippen molar-refractivity contribution < 1.29 is 0 Å². The number of hydrogen-bond donors (Lipinski definition) is 0. The first-order chi connectivity index (χ1) is 5.75. The first-order valence-electron chi connectivity index (χ1n) is 5.44. The predicted molar refractivity (Wildman–Crippen MR) is 78.6 cm³/mol. The monoisotopic (exact) mass is 312 g/mol. The van der Waals surface area contributed by atoms with Gasteiger partial charge in [0.05, 0.1) is 0 Å². The van der Waals surface area contributed by atoms with Gasteiger partial charge in [0.15, 0.2) is 0 Å². The van der Waals surface area contributed by atoms with Gasteiger partial charge in [0, 0.05) is 0 Å². The Balaban J connectivity index is 5.54. The molecule has 0 aromatic rings. The van der Waals surface area contributed by atoms with Crippen molar-refractivity contribution in [1.82, 2.24) is 0 Å². The Hall–Kier alpha value is 1.27. The van der Waals surface area contributed by atoms with Crippen molar-refractivity contribution in [2.24, 2.45) is 0 Å². The molecule has 0 aliphatic heterocycles. The quantitative estimate of drug-likeness (QED) is 0.528. The van der Waals surface area contributed by atoms with Gasteiger partial charge in [0.2, 0.25) is 0 Å². The molecule has 4 heteroatoms. The Labute approximate surface area is 100 Å². The zero-order valence-corrected chi connectivity index (χ0v) is 16.2. The fourth-order valence-electron chi connectivity index (χ4n) is 3.38. The Bertz CT molecular complexity index is 172. The summed E-state index contributed by atoms with van der Waals surface area (Å²) in [6.07, 6.45) is 0. The van der Waals surface area contributed by atoms with Crippen LogP contribution < -0.4 is 0 Å². The molecule has 0 spiro atoms. The third kappa shape index (κ3) is 2.50. The van der Waals surface area contributed by atoms with Crippen molar-refractivity contribution in [3.05, 3.63) is 0 Å². The molecular formula is C10H27ClGeSi2. The average molecular weight is 312 g/mol. The van der Waals surface area contributed by atoms with Crippen molar-refractivity contribution in [2.75, 3.05) is 0 Å². The second kappa shape index (κ2) is 3.93. The van der Waals surface area contributed by atoms with E-state index >= 15 is 0 Å². The average Bonchev–Trinajstić information content (AvgIpc) is 1.77. The maximum absolute atomic E-state index is 7.17. The second-order valence-corrected chi connectivity index (χ2v) is 33.4. The first kappa shape index (κ1) is 15.3. The van der Waals surface area contributed by atoms with Crippen LogP contribution in [0.3, 0.4) is 0 Å². The molecule has 0 saturated carbocycles. The molecule has 0 bridgehead atoms. The van der Waals surface area contributed by atoms with Crippen molar-refractivity contribution in [1.29, 1.82) is 0 Å². The number of hydrogen-bond acceptors (Lipinski definition) is 0. The van der Waals surface area contributed by atoms with Crippen LogP contribution in [0.15, 0.2) is 0 Å². The third-order valence-corrected chi connectivity index (χ3v) is 39.7. The summed E-state index contributed by atoms with van der Waals surface area (Å²) >= 11 is 5.35. The van der Waals surface area contributed by atoms with Crippen molar-refractivity contribution in [3.63, 3.8) is 0 Å². The summed E-state index contributed by atoms with van der Waals surface area (Å²) in [6, 6.07) is 0. The van der Waals surface area contributed by atoms with E-state index < -0.39 is 29.4 Å². The fraction of sp³-hybridized carbons (Fsp3) is 1.00. The third-order valence-electron chi connectivity index (χ3n) is 3.10. The van der Waals surface area contributed by atoms with E-state index in [1.807, 2.05) is 0 Å². The van der Waals surface area contributed by atoms with Crippen LogP contribution >= 0.6 is 11.6 Å². The Kier molecular flexibility index (Phi) is 4.29. The van der Waals surface area contributed by atoms with Crippen LogP contribution in [0.5, 0.6) is 0 Å². The van der Waals surface area contributed by atoms with Crippen molar-refractivity contribution in [2.45, 2.75) is 59.5 Å². The molecule has 0 radical (unpaired) electrons. The molecule has 14 heavy (non-hydrogen) atoms. The van der Waals surface area contributed by atoms with Crippen molar-refractivity contribution >= 4 is 41.0 Å². The number of halogens is 1. The summed E-state index contributed by atoms with van der Waals surface area (Å²) in [7, 11) is -2.54. The molecule has 0 saturated heterocycles. The van der Waals surface area contributed by atoms with Crippen LogP contribution in [0.1, 0.15) is 0 Å². The Morgan fingerprint density at radius 2 is 1.00 bits per heavy atom. The van der Waals surface area contributed by atoms with Gasteiger partial charge in [0.25, 0.3) is 0 Å². The molecule has 0 unspecified atom stereocenters. The molecule has 0 atom stereocenters.